The molecule has 102 valence electrons. The van der Waals surface area contributed by atoms with Crippen molar-refractivity contribution in [1.29, 1.82) is 0 Å². The van der Waals surface area contributed by atoms with Crippen LogP contribution in [-0.2, 0) is 6.54 Å². The van der Waals surface area contributed by atoms with Crippen molar-refractivity contribution in [1.82, 2.24) is 4.57 Å². The van der Waals surface area contributed by atoms with Crippen LogP contribution in [0.3, 0.4) is 0 Å². The van der Waals surface area contributed by atoms with Crippen molar-refractivity contribution >= 4 is 22.7 Å². The predicted molar refractivity (Wildman–Crippen MR) is 77.4 cm³/mol. The van der Waals surface area contributed by atoms with Crippen molar-refractivity contribution in [2.75, 3.05) is 6.61 Å². The van der Waals surface area contributed by atoms with Crippen LogP contribution in [0.1, 0.15) is 0 Å². The summed E-state index contributed by atoms with van der Waals surface area (Å²) < 4.78 is 12.3. The summed E-state index contributed by atoms with van der Waals surface area (Å²) in [5, 5.41) is 0.541. The quantitative estimate of drug-likeness (QED) is 0.740. The van der Waals surface area contributed by atoms with Crippen LogP contribution in [0.25, 0.3) is 11.1 Å². The third-order valence-corrected chi connectivity index (χ3v) is 3.19. The fourth-order valence-corrected chi connectivity index (χ4v) is 2.19. The molecule has 0 unspecified atom stereocenters. The van der Waals surface area contributed by atoms with Gasteiger partial charge in [-0.15, -0.1) is 0 Å². The summed E-state index contributed by atoms with van der Waals surface area (Å²) in [6.07, 6.45) is 0. The Morgan fingerprint density at radius 2 is 1.95 bits per heavy atom. The molecule has 0 aliphatic heterocycles. The largest absolute Gasteiger partial charge is 0.492 e. The topological polar surface area (TPSA) is 44.4 Å². The van der Waals surface area contributed by atoms with E-state index in [-0.39, 0.29) is 0 Å². The number of oxazole rings is 1. The average molecular weight is 290 g/mol. The molecule has 0 saturated carbocycles. The third-order valence-electron chi connectivity index (χ3n) is 2.96. The van der Waals surface area contributed by atoms with Crippen LogP contribution in [0.4, 0.5) is 0 Å². The van der Waals surface area contributed by atoms with E-state index >= 15 is 0 Å². The molecule has 0 amide bonds. The van der Waals surface area contributed by atoms with Gasteiger partial charge in [-0.1, -0.05) is 29.8 Å². The van der Waals surface area contributed by atoms with Gasteiger partial charge in [0.15, 0.2) is 5.58 Å². The van der Waals surface area contributed by atoms with Gasteiger partial charge in [0.2, 0.25) is 0 Å². The molecule has 1 heterocycles. The predicted octanol–water partition coefficient (Wildman–Crippen LogP) is 3.33. The first-order valence-electron chi connectivity index (χ1n) is 6.21. The highest BCUT2D eigenvalue weighted by molar-refractivity contribution is 6.31. The number of para-hydroxylation sites is 1. The molecule has 0 radical (unpaired) electrons. The van der Waals surface area contributed by atoms with Gasteiger partial charge in [-0.25, -0.2) is 4.79 Å². The maximum absolute atomic E-state index is 11.8. The lowest BCUT2D eigenvalue weighted by Gasteiger charge is -2.06. The standard InChI is InChI=1S/C15H12ClNO3/c16-11-6-7-13-14(10-11)20-15(18)17(13)8-9-19-12-4-2-1-3-5-12/h1-7,10H,8-9H2. The lowest BCUT2D eigenvalue weighted by Crippen LogP contribution is -2.18. The highest BCUT2D eigenvalue weighted by atomic mass is 35.5. The van der Waals surface area contributed by atoms with Gasteiger partial charge in [-0.05, 0) is 24.3 Å². The Morgan fingerprint density at radius 3 is 2.75 bits per heavy atom. The first-order chi connectivity index (χ1) is 9.74. The summed E-state index contributed by atoms with van der Waals surface area (Å²) in [4.78, 5) is 11.8. The third kappa shape index (κ3) is 2.56. The number of halogens is 1. The first-order valence-corrected chi connectivity index (χ1v) is 6.58. The van der Waals surface area contributed by atoms with Gasteiger partial charge < -0.3 is 9.15 Å². The fourth-order valence-electron chi connectivity index (χ4n) is 2.02. The van der Waals surface area contributed by atoms with Crippen LogP contribution >= 0.6 is 11.6 Å². The molecule has 0 aliphatic rings. The van der Waals surface area contributed by atoms with E-state index in [1.165, 1.54) is 4.57 Å². The van der Waals surface area contributed by atoms with Gasteiger partial charge in [0.25, 0.3) is 0 Å². The SMILES string of the molecule is O=c1oc2cc(Cl)ccc2n1CCOc1ccccc1. The maximum atomic E-state index is 11.8. The van der Waals surface area contributed by atoms with Crippen molar-refractivity contribution in [2.24, 2.45) is 0 Å². The summed E-state index contributed by atoms with van der Waals surface area (Å²) in [5.41, 5.74) is 1.21. The summed E-state index contributed by atoms with van der Waals surface area (Å²) in [6, 6.07) is 14.6. The lowest BCUT2D eigenvalue weighted by molar-refractivity contribution is 0.294. The van der Waals surface area contributed by atoms with Crippen molar-refractivity contribution < 1.29 is 9.15 Å². The summed E-state index contributed by atoms with van der Waals surface area (Å²) in [5.74, 6) is 0.371. The molecule has 0 bridgehead atoms. The smallest absolute Gasteiger partial charge is 0.420 e. The van der Waals surface area contributed by atoms with E-state index in [9.17, 15) is 4.79 Å². The second kappa shape index (κ2) is 5.43. The van der Waals surface area contributed by atoms with E-state index in [1.807, 2.05) is 30.3 Å². The van der Waals surface area contributed by atoms with E-state index in [1.54, 1.807) is 18.2 Å². The van der Waals surface area contributed by atoms with Gasteiger partial charge in [0.1, 0.15) is 12.4 Å². The minimum Gasteiger partial charge on any atom is -0.492 e. The Balaban J connectivity index is 1.78. The highest BCUT2D eigenvalue weighted by Gasteiger charge is 2.09. The van der Waals surface area contributed by atoms with E-state index in [2.05, 4.69) is 0 Å². The van der Waals surface area contributed by atoms with E-state index < -0.39 is 5.76 Å². The zero-order valence-corrected chi connectivity index (χ0v) is 11.3. The summed E-state index contributed by atoms with van der Waals surface area (Å²) in [7, 11) is 0. The molecule has 0 N–H and O–H groups in total. The highest BCUT2D eigenvalue weighted by Crippen LogP contribution is 2.18. The Hall–Kier alpha value is -2.20. The normalized spacial score (nSPS) is 10.8. The second-order valence-corrected chi connectivity index (χ2v) is 4.73. The molecule has 3 rings (SSSR count). The van der Waals surface area contributed by atoms with Crippen LogP contribution in [0.15, 0.2) is 57.7 Å². The molecule has 2 aromatic carbocycles. The number of hydrogen-bond donors (Lipinski definition) is 0. The number of hydrogen-bond acceptors (Lipinski definition) is 3. The minimum atomic E-state index is -0.404. The number of benzene rings is 2. The zero-order chi connectivity index (χ0) is 13.9. The minimum absolute atomic E-state index is 0.390. The monoisotopic (exact) mass is 289 g/mol. The van der Waals surface area contributed by atoms with Gasteiger partial charge in [-0.2, -0.15) is 0 Å². The molecule has 0 aliphatic carbocycles. The number of nitrogens with zero attached hydrogens (tertiary/aromatic N) is 1. The van der Waals surface area contributed by atoms with E-state index in [0.717, 1.165) is 11.3 Å². The molecule has 5 heteroatoms. The number of fused-ring (bicyclic) bond motifs is 1. The van der Waals surface area contributed by atoms with Crippen molar-refractivity contribution in [2.45, 2.75) is 6.54 Å². The molecule has 3 aromatic rings. The lowest BCUT2D eigenvalue weighted by atomic mass is 10.3. The maximum Gasteiger partial charge on any atom is 0.420 e. The average Bonchev–Trinajstić information content (AvgIpc) is 2.75. The van der Waals surface area contributed by atoms with Gasteiger partial charge >= 0.3 is 5.76 Å². The van der Waals surface area contributed by atoms with Gasteiger partial charge in [0, 0.05) is 11.1 Å². The molecule has 0 atom stereocenters. The Kier molecular flexibility index (Phi) is 3.48. The Bertz CT molecular complexity index is 777. The second-order valence-electron chi connectivity index (χ2n) is 4.29. The Morgan fingerprint density at radius 1 is 1.15 bits per heavy atom. The van der Waals surface area contributed by atoms with Crippen LogP contribution in [0.2, 0.25) is 5.02 Å². The van der Waals surface area contributed by atoms with E-state index in [0.29, 0.717) is 23.8 Å². The molecular weight excluding hydrogens is 278 g/mol. The van der Waals surface area contributed by atoms with E-state index in [4.69, 9.17) is 20.8 Å². The first kappa shape index (κ1) is 12.8. The van der Waals surface area contributed by atoms with Gasteiger partial charge in [0.05, 0.1) is 12.1 Å². The summed E-state index contributed by atoms with van der Waals surface area (Å²) in [6.45, 7) is 0.809. The molecule has 0 fully saturated rings. The van der Waals surface area contributed by atoms with Crippen LogP contribution in [-0.4, -0.2) is 11.2 Å². The van der Waals surface area contributed by atoms with Crippen LogP contribution in [0, 0.1) is 0 Å². The molecule has 4 nitrogen and oxygen atoms in total. The van der Waals surface area contributed by atoms with Crippen molar-refractivity contribution in [3.63, 3.8) is 0 Å². The van der Waals surface area contributed by atoms with Crippen molar-refractivity contribution in [3.05, 3.63) is 64.1 Å². The fraction of sp³-hybridized carbons (Fsp3) is 0.133. The molecule has 0 saturated heterocycles. The summed E-state index contributed by atoms with van der Waals surface area (Å²) >= 11 is 5.87. The molecular formula is C15H12ClNO3. The number of rotatable bonds is 4. The molecule has 1 aromatic heterocycles. The zero-order valence-electron chi connectivity index (χ0n) is 10.6. The van der Waals surface area contributed by atoms with Gasteiger partial charge in [-0.3, -0.25) is 4.57 Å². The molecule has 0 spiro atoms. The van der Waals surface area contributed by atoms with Crippen molar-refractivity contribution in [3.8, 4) is 5.75 Å². The van der Waals surface area contributed by atoms with Crippen LogP contribution < -0.4 is 10.5 Å². The Labute approximate surface area is 120 Å². The number of ether oxygens (including phenoxy) is 1. The number of aromatic nitrogens is 1. The van der Waals surface area contributed by atoms with Crippen LogP contribution in [0.5, 0.6) is 5.75 Å². The molecule has 20 heavy (non-hydrogen) atoms.